The number of hydrogen-bond acceptors (Lipinski definition) is 9. The first-order valence-corrected chi connectivity index (χ1v) is 9.72. The minimum Gasteiger partial charge on any atom is -0.491 e. The fraction of sp³-hybridized carbons (Fsp3) is 0.0952. The molecule has 0 spiro atoms. The van der Waals surface area contributed by atoms with Crippen molar-refractivity contribution in [2.75, 3.05) is 24.0 Å². The summed E-state index contributed by atoms with van der Waals surface area (Å²) < 4.78 is 5.45. The summed E-state index contributed by atoms with van der Waals surface area (Å²) in [6.45, 7) is 0.165. The van der Waals surface area contributed by atoms with Crippen LogP contribution in [0.1, 0.15) is 5.56 Å². The topological polar surface area (TPSA) is 117 Å². The molecule has 0 fully saturated rings. The predicted molar refractivity (Wildman–Crippen MR) is 120 cm³/mol. The van der Waals surface area contributed by atoms with E-state index < -0.39 is 0 Å². The largest absolute Gasteiger partial charge is 0.491 e. The van der Waals surface area contributed by atoms with Gasteiger partial charge in [-0.05, 0) is 29.8 Å². The zero-order valence-corrected chi connectivity index (χ0v) is 17.0. The normalized spacial score (nSPS) is 11.0. The Bertz CT molecular complexity index is 1220. The summed E-state index contributed by atoms with van der Waals surface area (Å²) in [6.07, 6.45) is 4.47. The molecule has 3 N–H and O–H groups in total. The minimum absolute atomic E-state index is 0.0549. The molecule has 10 heteroatoms. The van der Waals surface area contributed by atoms with E-state index in [4.69, 9.17) is 21.4 Å². The van der Waals surface area contributed by atoms with Crippen LogP contribution in [0, 0.1) is 0 Å². The third kappa shape index (κ3) is 5.21. The molecule has 0 bridgehead atoms. The van der Waals surface area contributed by atoms with E-state index in [0.29, 0.717) is 33.4 Å². The summed E-state index contributed by atoms with van der Waals surface area (Å²) in [5.41, 5.74) is 5.53. The van der Waals surface area contributed by atoms with Crippen molar-refractivity contribution in [1.29, 1.82) is 0 Å². The van der Waals surface area contributed by atoms with Crippen LogP contribution in [0.15, 0.2) is 66.3 Å². The van der Waals surface area contributed by atoms with Crippen molar-refractivity contribution < 1.29 is 9.84 Å². The number of aromatic nitrogens is 4. The number of hydrazone groups is 1. The van der Waals surface area contributed by atoms with Crippen molar-refractivity contribution in [1.82, 2.24) is 19.9 Å². The molecule has 0 saturated carbocycles. The summed E-state index contributed by atoms with van der Waals surface area (Å²) >= 11 is 5.99. The number of aliphatic hydroxyl groups excluding tert-OH is 1. The fourth-order valence-corrected chi connectivity index (χ4v) is 2.97. The summed E-state index contributed by atoms with van der Waals surface area (Å²) in [7, 11) is 0. The van der Waals surface area contributed by atoms with Gasteiger partial charge in [-0.3, -0.25) is 5.43 Å². The lowest BCUT2D eigenvalue weighted by atomic mass is 10.2. The van der Waals surface area contributed by atoms with Crippen LogP contribution in [-0.4, -0.2) is 44.5 Å². The van der Waals surface area contributed by atoms with Crippen molar-refractivity contribution in [3.8, 4) is 5.75 Å². The van der Waals surface area contributed by atoms with Crippen molar-refractivity contribution in [2.24, 2.45) is 5.10 Å². The molecule has 0 saturated heterocycles. The Morgan fingerprint density at radius 1 is 0.968 bits per heavy atom. The third-order valence-electron chi connectivity index (χ3n) is 4.11. The van der Waals surface area contributed by atoms with Crippen LogP contribution in [0.5, 0.6) is 5.75 Å². The smallest absolute Gasteiger partial charge is 0.176 e. The van der Waals surface area contributed by atoms with Gasteiger partial charge in [-0.15, -0.1) is 0 Å². The number of nitrogens with zero attached hydrogens (tertiary/aromatic N) is 5. The number of fused-ring (bicyclic) bond motifs is 1. The van der Waals surface area contributed by atoms with Gasteiger partial charge in [0.05, 0.1) is 12.8 Å². The van der Waals surface area contributed by atoms with E-state index in [9.17, 15) is 0 Å². The number of nitrogens with one attached hydrogen (secondary N) is 2. The lowest BCUT2D eigenvalue weighted by Gasteiger charge is -2.10. The molecule has 31 heavy (non-hydrogen) atoms. The van der Waals surface area contributed by atoms with E-state index in [1.807, 2.05) is 24.3 Å². The van der Waals surface area contributed by atoms with Gasteiger partial charge in [-0.1, -0.05) is 29.8 Å². The zero-order chi connectivity index (χ0) is 21.5. The number of rotatable bonds is 8. The maximum absolute atomic E-state index is 8.92. The maximum Gasteiger partial charge on any atom is 0.176 e. The van der Waals surface area contributed by atoms with Crippen molar-refractivity contribution in [2.45, 2.75) is 0 Å². The zero-order valence-electron chi connectivity index (χ0n) is 16.2. The van der Waals surface area contributed by atoms with Crippen LogP contribution in [0.3, 0.4) is 0 Å². The van der Waals surface area contributed by atoms with Gasteiger partial charge in [0.1, 0.15) is 36.0 Å². The predicted octanol–water partition coefficient (Wildman–Crippen LogP) is 3.63. The van der Waals surface area contributed by atoms with Crippen LogP contribution in [0.25, 0.3) is 11.0 Å². The molecule has 0 radical (unpaired) electrons. The quantitative estimate of drug-likeness (QED) is 0.283. The highest BCUT2D eigenvalue weighted by Crippen LogP contribution is 2.26. The monoisotopic (exact) mass is 435 g/mol. The summed E-state index contributed by atoms with van der Waals surface area (Å²) in [6, 6.07) is 14.6. The first-order chi connectivity index (χ1) is 15.2. The van der Waals surface area contributed by atoms with E-state index in [-0.39, 0.29) is 13.2 Å². The second-order valence-corrected chi connectivity index (χ2v) is 6.73. The molecule has 0 aliphatic heterocycles. The van der Waals surface area contributed by atoms with E-state index in [0.717, 1.165) is 11.3 Å². The molecule has 0 atom stereocenters. The van der Waals surface area contributed by atoms with Gasteiger partial charge in [0.2, 0.25) is 0 Å². The Morgan fingerprint density at radius 3 is 2.55 bits per heavy atom. The van der Waals surface area contributed by atoms with Gasteiger partial charge in [-0.2, -0.15) is 5.10 Å². The minimum atomic E-state index is -0.0549. The summed E-state index contributed by atoms with van der Waals surface area (Å²) in [5.74, 6) is 1.58. The average molecular weight is 436 g/mol. The third-order valence-corrected chi connectivity index (χ3v) is 4.34. The van der Waals surface area contributed by atoms with Crippen LogP contribution >= 0.6 is 11.6 Å². The Kier molecular flexibility index (Phi) is 6.46. The number of aliphatic hydroxyl groups is 1. The van der Waals surface area contributed by atoms with Gasteiger partial charge in [0.15, 0.2) is 11.6 Å². The van der Waals surface area contributed by atoms with Crippen LogP contribution in [0.4, 0.5) is 17.3 Å². The van der Waals surface area contributed by atoms with Crippen molar-refractivity contribution >= 4 is 46.2 Å². The maximum atomic E-state index is 8.92. The first-order valence-electron chi connectivity index (χ1n) is 9.34. The summed E-state index contributed by atoms with van der Waals surface area (Å²) in [4.78, 5) is 17.1. The van der Waals surface area contributed by atoms with Crippen LogP contribution < -0.4 is 15.5 Å². The molecule has 0 aliphatic rings. The highest BCUT2D eigenvalue weighted by molar-refractivity contribution is 6.30. The molecule has 2 heterocycles. The first kappa shape index (κ1) is 20.5. The van der Waals surface area contributed by atoms with E-state index in [1.54, 1.807) is 30.5 Å². The highest BCUT2D eigenvalue weighted by Gasteiger charge is 2.10. The molecule has 0 unspecified atom stereocenters. The molecule has 2 aromatic heterocycles. The SMILES string of the molecule is OCCOc1cccc(Nc2ncnc3c(N/N=C/c4cccc(Cl)c4)ncnc23)c1. The van der Waals surface area contributed by atoms with Gasteiger partial charge >= 0.3 is 0 Å². The number of hydrogen-bond donors (Lipinski definition) is 3. The fourth-order valence-electron chi connectivity index (χ4n) is 2.77. The van der Waals surface area contributed by atoms with Crippen LogP contribution in [-0.2, 0) is 0 Å². The van der Waals surface area contributed by atoms with Crippen molar-refractivity contribution in [3.05, 3.63) is 71.8 Å². The molecule has 9 nitrogen and oxygen atoms in total. The number of benzene rings is 2. The molecule has 4 rings (SSSR count). The lowest BCUT2D eigenvalue weighted by molar-refractivity contribution is 0.201. The average Bonchev–Trinajstić information content (AvgIpc) is 2.78. The Morgan fingerprint density at radius 2 is 1.74 bits per heavy atom. The number of anilines is 3. The standard InChI is InChI=1S/C21H18ClN7O2/c22-15-4-1-3-14(9-15)11-27-29-21-19-18(23-13-26-21)20(25-12-24-19)28-16-5-2-6-17(10-16)31-8-7-30/h1-6,9-13,30H,7-8H2,(H,23,26,29)(H,24,25,28)/b27-11+. The van der Waals surface area contributed by atoms with Gasteiger partial charge < -0.3 is 15.2 Å². The van der Waals surface area contributed by atoms with E-state index >= 15 is 0 Å². The van der Waals surface area contributed by atoms with Gasteiger partial charge in [-0.25, -0.2) is 19.9 Å². The molecule has 4 aromatic rings. The second-order valence-electron chi connectivity index (χ2n) is 6.29. The van der Waals surface area contributed by atoms with Gasteiger partial charge in [0.25, 0.3) is 0 Å². The summed E-state index contributed by atoms with van der Waals surface area (Å²) in [5, 5.41) is 17.0. The van der Waals surface area contributed by atoms with E-state index in [1.165, 1.54) is 12.7 Å². The molecule has 0 aliphatic carbocycles. The van der Waals surface area contributed by atoms with E-state index in [2.05, 4.69) is 35.8 Å². The Hall–Kier alpha value is -3.82. The van der Waals surface area contributed by atoms with Gasteiger partial charge in [0, 0.05) is 16.8 Å². The lowest BCUT2D eigenvalue weighted by Crippen LogP contribution is -2.03. The highest BCUT2D eigenvalue weighted by atomic mass is 35.5. The number of halogens is 1. The molecule has 0 amide bonds. The second kappa shape index (κ2) is 9.79. The molecule has 2 aromatic carbocycles. The Balaban J connectivity index is 1.56. The molecular weight excluding hydrogens is 418 g/mol. The van der Waals surface area contributed by atoms with Crippen LogP contribution in [0.2, 0.25) is 5.02 Å². The van der Waals surface area contributed by atoms with Crippen molar-refractivity contribution in [3.63, 3.8) is 0 Å². The number of ether oxygens (including phenoxy) is 1. The Labute approximate surface area is 182 Å². The molecule has 156 valence electrons. The molecular formula is C21H18ClN7O2.